The van der Waals surface area contributed by atoms with Crippen molar-refractivity contribution in [2.24, 2.45) is 11.8 Å². The third-order valence-corrected chi connectivity index (χ3v) is 5.40. The third kappa shape index (κ3) is 2.67. The minimum Gasteiger partial charge on any atom is -0.486 e. The first kappa shape index (κ1) is 14.8. The Hall–Kier alpha value is -1.75. The lowest BCUT2D eigenvalue weighted by Gasteiger charge is -2.36. The van der Waals surface area contributed by atoms with Crippen LogP contribution >= 0.6 is 0 Å². The number of amides is 1. The second-order valence-electron chi connectivity index (χ2n) is 6.80. The van der Waals surface area contributed by atoms with Crippen molar-refractivity contribution < 1.29 is 14.3 Å². The zero-order chi connectivity index (χ0) is 15.8. The molecule has 2 fully saturated rings. The summed E-state index contributed by atoms with van der Waals surface area (Å²) in [5, 5.41) is 3.26. The molecule has 0 aliphatic carbocycles. The number of ether oxygens (including phenoxy) is 2. The fourth-order valence-electron chi connectivity index (χ4n) is 3.77. The van der Waals surface area contributed by atoms with Crippen molar-refractivity contribution in [1.82, 2.24) is 10.2 Å². The van der Waals surface area contributed by atoms with Crippen LogP contribution in [0.2, 0.25) is 0 Å². The molecule has 1 aromatic carbocycles. The molecule has 1 N–H and O–H groups in total. The molecule has 23 heavy (non-hydrogen) atoms. The lowest BCUT2D eigenvalue weighted by atomic mass is 9.87. The van der Waals surface area contributed by atoms with Crippen LogP contribution in [-0.4, -0.2) is 43.7 Å². The smallest absolute Gasteiger partial charge is 0.226 e. The highest BCUT2D eigenvalue weighted by Crippen LogP contribution is 2.39. The number of carbonyl (C=O) groups is 1. The van der Waals surface area contributed by atoms with Crippen LogP contribution in [0.25, 0.3) is 0 Å². The predicted octanol–water partition coefficient (Wildman–Crippen LogP) is 1.98. The molecule has 0 aromatic heterocycles. The minimum absolute atomic E-state index is 0.106. The Kier molecular flexibility index (Phi) is 3.89. The number of hydrogen-bond donors (Lipinski definition) is 1. The van der Waals surface area contributed by atoms with E-state index in [1.165, 1.54) is 5.56 Å². The van der Waals surface area contributed by atoms with Gasteiger partial charge in [-0.25, -0.2) is 0 Å². The van der Waals surface area contributed by atoms with Gasteiger partial charge in [-0.1, -0.05) is 13.0 Å². The Bertz CT molecular complexity index is 600. The van der Waals surface area contributed by atoms with E-state index in [9.17, 15) is 4.79 Å². The average molecular weight is 316 g/mol. The van der Waals surface area contributed by atoms with E-state index < -0.39 is 0 Å². The van der Waals surface area contributed by atoms with Crippen LogP contribution in [-0.2, 0) is 4.79 Å². The normalized spacial score (nSPS) is 25.1. The first-order valence-corrected chi connectivity index (χ1v) is 8.65. The van der Waals surface area contributed by atoms with E-state index in [1.54, 1.807) is 0 Å². The van der Waals surface area contributed by atoms with Crippen molar-refractivity contribution >= 4 is 5.91 Å². The summed E-state index contributed by atoms with van der Waals surface area (Å²) < 4.78 is 11.3. The van der Waals surface area contributed by atoms with E-state index in [2.05, 4.69) is 29.3 Å². The molecule has 0 spiro atoms. The lowest BCUT2D eigenvalue weighted by Crippen LogP contribution is -2.50. The van der Waals surface area contributed by atoms with Crippen LogP contribution in [0.3, 0.4) is 0 Å². The summed E-state index contributed by atoms with van der Waals surface area (Å²) in [7, 11) is 0. The fourth-order valence-corrected chi connectivity index (χ4v) is 3.77. The third-order valence-electron chi connectivity index (χ3n) is 5.40. The first-order valence-electron chi connectivity index (χ1n) is 8.65. The number of likely N-dealkylation sites (tertiary alicyclic amines) is 1. The molecular weight excluding hydrogens is 292 g/mol. The topological polar surface area (TPSA) is 50.8 Å². The Morgan fingerprint density at radius 2 is 2.04 bits per heavy atom. The van der Waals surface area contributed by atoms with Crippen LogP contribution in [0.4, 0.5) is 0 Å². The van der Waals surface area contributed by atoms with Crippen molar-refractivity contribution in [1.29, 1.82) is 0 Å². The van der Waals surface area contributed by atoms with Crippen LogP contribution < -0.4 is 14.8 Å². The van der Waals surface area contributed by atoms with Gasteiger partial charge in [0.25, 0.3) is 0 Å². The zero-order valence-electron chi connectivity index (χ0n) is 13.6. The maximum absolute atomic E-state index is 12.9. The number of nitrogens with zero attached hydrogens (tertiary/aromatic N) is 1. The highest BCUT2D eigenvalue weighted by Gasteiger charge is 2.37. The molecule has 3 aliphatic heterocycles. The molecule has 0 bridgehead atoms. The largest absolute Gasteiger partial charge is 0.486 e. The lowest BCUT2D eigenvalue weighted by molar-refractivity contribution is -0.138. The van der Waals surface area contributed by atoms with Crippen molar-refractivity contribution in [2.75, 3.05) is 32.8 Å². The van der Waals surface area contributed by atoms with E-state index in [1.807, 2.05) is 6.07 Å². The van der Waals surface area contributed by atoms with Gasteiger partial charge < -0.3 is 19.7 Å². The summed E-state index contributed by atoms with van der Waals surface area (Å²) in [6.07, 6.45) is 2.10. The quantitative estimate of drug-likeness (QED) is 0.926. The van der Waals surface area contributed by atoms with Gasteiger partial charge in [-0.05, 0) is 49.5 Å². The average Bonchev–Trinajstić information content (AvgIpc) is 3.01. The Labute approximate surface area is 136 Å². The highest BCUT2D eigenvalue weighted by molar-refractivity contribution is 5.80. The molecule has 1 amide bonds. The van der Waals surface area contributed by atoms with Gasteiger partial charge >= 0.3 is 0 Å². The monoisotopic (exact) mass is 316 g/mol. The maximum Gasteiger partial charge on any atom is 0.226 e. The Balaban J connectivity index is 1.54. The van der Waals surface area contributed by atoms with Gasteiger partial charge in [0.2, 0.25) is 5.91 Å². The van der Waals surface area contributed by atoms with Gasteiger partial charge in [0.15, 0.2) is 11.5 Å². The molecule has 4 rings (SSSR count). The summed E-state index contributed by atoms with van der Waals surface area (Å²) in [5.41, 5.74) is 1.17. The van der Waals surface area contributed by atoms with Crippen molar-refractivity contribution in [3.05, 3.63) is 23.8 Å². The van der Waals surface area contributed by atoms with Gasteiger partial charge in [-0.3, -0.25) is 4.79 Å². The molecule has 0 radical (unpaired) electrons. The second kappa shape index (κ2) is 6.04. The van der Waals surface area contributed by atoms with Gasteiger partial charge in [0.1, 0.15) is 13.2 Å². The SMILES string of the molecule is CC(C(=O)N1CCCC1c1ccc2c(c1)OCCO2)C1CNC1. The van der Waals surface area contributed by atoms with Crippen molar-refractivity contribution in [2.45, 2.75) is 25.8 Å². The Morgan fingerprint density at radius 1 is 1.26 bits per heavy atom. The molecule has 3 heterocycles. The zero-order valence-corrected chi connectivity index (χ0v) is 13.6. The van der Waals surface area contributed by atoms with E-state index in [0.717, 1.165) is 44.0 Å². The van der Waals surface area contributed by atoms with E-state index in [-0.39, 0.29) is 12.0 Å². The number of benzene rings is 1. The van der Waals surface area contributed by atoms with E-state index in [0.29, 0.717) is 25.0 Å². The molecule has 0 saturated carbocycles. The van der Waals surface area contributed by atoms with Gasteiger partial charge in [-0.2, -0.15) is 0 Å². The van der Waals surface area contributed by atoms with Crippen LogP contribution in [0, 0.1) is 11.8 Å². The van der Waals surface area contributed by atoms with Crippen molar-refractivity contribution in [3.8, 4) is 11.5 Å². The van der Waals surface area contributed by atoms with Gasteiger partial charge in [-0.15, -0.1) is 0 Å². The summed E-state index contributed by atoms with van der Waals surface area (Å²) in [5.74, 6) is 2.51. The van der Waals surface area contributed by atoms with Gasteiger partial charge in [0.05, 0.1) is 6.04 Å². The van der Waals surface area contributed by atoms with Crippen LogP contribution in [0.15, 0.2) is 18.2 Å². The van der Waals surface area contributed by atoms with Crippen LogP contribution in [0.5, 0.6) is 11.5 Å². The second-order valence-corrected chi connectivity index (χ2v) is 6.80. The molecular formula is C18H24N2O3. The first-order chi connectivity index (χ1) is 11.2. The number of rotatable bonds is 3. The molecule has 5 heteroatoms. The molecule has 2 atom stereocenters. The standard InChI is InChI=1S/C18H24N2O3/c1-12(14-10-19-11-14)18(21)20-6-2-3-15(20)13-4-5-16-17(9-13)23-8-7-22-16/h4-5,9,12,14-15,19H,2-3,6-8,10-11H2,1H3. The molecule has 1 aromatic rings. The molecule has 5 nitrogen and oxygen atoms in total. The molecule has 3 aliphatic rings. The van der Waals surface area contributed by atoms with Crippen molar-refractivity contribution in [3.63, 3.8) is 0 Å². The fraction of sp³-hybridized carbons (Fsp3) is 0.611. The van der Waals surface area contributed by atoms with E-state index in [4.69, 9.17) is 9.47 Å². The summed E-state index contributed by atoms with van der Waals surface area (Å²) in [6, 6.07) is 6.29. The molecule has 2 unspecified atom stereocenters. The maximum atomic E-state index is 12.9. The predicted molar refractivity (Wildman–Crippen MR) is 86.6 cm³/mol. The van der Waals surface area contributed by atoms with Gasteiger partial charge in [0, 0.05) is 12.5 Å². The van der Waals surface area contributed by atoms with E-state index >= 15 is 0 Å². The summed E-state index contributed by atoms with van der Waals surface area (Å²) in [6.45, 7) is 6.07. The summed E-state index contributed by atoms with van der Waals surface area (Å²) in [4.78, 5) is 15.0. The van der Waals surface area contributed by atoms with Crippen LogP contribution in [0.1, 0.15) is 31.4 Å². The summed E-state index contributed by atoms with van der Waals surface area (Å²) >= 11 is 0. The minimum atomic E-state index is 0.106. The Morgan fingerprint density at radius 3 is 2.78 bits per heavy atom. The highest BCUT2D eigenvalue weighted by atomic mass is 16.6. The number of hydrogen-bond acceptors (Lipinski definition) is 4. The molecule has 2 saturated heterocycles. The number of nitrogens with one attached hydrogen (secondary N) is 1. The molecule has 124 valence electrons. The number of carbonyl (C=O) groups excluding carboxylic acids is 1. The number of fused-ring (bicyclic) bond motifs is 1.